The van der Waals surface area contributed by atoms with E-state index in [4.69, 9.17) is 10.7 Å². The van der Waals surface area contributed by atoms with Crippen molar-refractivity contribution in [1.82, 2.24) is 0 Å². The topological polar surface area (TPSA) is 90.8 Å². The number of rotatable bonds is 3. The average molecular weight is 141 g/mol. The fraction of sp³-hybridized carbons (Fsp3) is 0.600. The first kappa shape index (κ1) is 8.56. The molecule has 5 nitrogen and oxygen atoms in total. The fourth-order valence-corrected chi connectivity index (χ4v) is 0.533. The third-order valence-corrected chi connectivity index (χ3v) is 1.09. The maximum absolute atomic E-state index is 10.0. The Balaban J connectivity index is 4.25. The number of nitriles is 1. The fourth-order valence-electron chi connectivity index (χ4n) is 0.533. The van der Waals surface area contributed by atoms with Gasteiger partial charge in [0.15, 0.2) is 5.71 Å². The lowest BCUT2D eigenvalue weighted by molar-refractivity contribution is -0.502. The van der Waals surface area contributed by atoms with Crippen molar-refractivity contribution in [3.63, 3.8) is 0 Å². The van der Waals surface area contributed by atoms with Crippen molar-refractivity contribution in [2.75, 3.05) is 0 Å². The summed E-state index contributed by atoms with van der Waals surface area (Å²) in [6.45, 7) is 1.57. The molecule has 5 heteroatoms. The van der Waals surface area contributed by atoms with E-state index in [1.165, 1.54) is 6.07 Å². The molecule has 0 aromatic rings. The molecule has 0 amide bonds. The van der Waals surface area contributed by atoms with Crippen molar-refractivity contribution in [2.45, 2.75) is 19.4 Å². The minimum absolute atomic E-state index is 0.194. The average Bonchev–Trinajstić information content (AvgIpc) is 1.88. The normalized spacial score (nSPS) is 11.6. The van der Waals surface area contributed by atoms with Crippen LogP contribution in [0, 0.1) is 26.9 Å². The summed E-state index contributed by atoms with van der Waals surface area (Å²) in [6, 6.07) is 0.319. The summed E-state index contributed by atoms with van der Waals surface area (Å²) in [4.78, 5) is 9.43. The Morgan fingerprint density at radius 1 is 2.00 bits per heavy atom. The summed E-state index contributed by atoms with van der Waals surface area (Å²) < 4.78 is 0. The second kappa shape index (κ2) is 3.56. The summed E-state index contributed by atoms with van der Waals surface area (Å²) in [5, 5.41) is 25.0. The van der Waals surface area contributed by atoms with Crippen LogP contribution in [-0.2, 0) is 0 Å². The number of nitrogens with zero attached hydrogens (tertiary/aromatic N) is 2. The van der Waals surface area contributed by atoms with E-state index in [-0.39, 0.29) is 6.42 Å². The van der Waals surface area contributed by atoms with E-state index in [1.54, 1.807) is 6.92 Å². The molecule has 0 radical (unpaired) electrons. The first-order valence-electron chi connectivity index (χ1n) is 2.75. The quantitative estimate of drug-likeness (QED) is 0.354. The van der Waals surface area contributed by atoms with Gasteiger partial charge in [0.2, 0.25) is 0 Å². The third kappa shape index (κ3) is 1.82. The summed E-state index contributed by atoms with van der Waals surface area (Å²) in [5.74, 6) is 0. The smallest absolute Gasteiger partial charge is 0.263 e. The maximum atomic E-state index is 10.0. The molecule has 0 saturated heterocycles. The van der Waals surface area contributed by atoms with E-state index in [0.717, 1.165) is 0 Å². The van der Waals surface area contributed by atoms with Crippen molar-refractivity contribution in [3.8, 4) is 6.07 Å². The summed E-state index contributed by atoms with van der Waals surface area (Å²) >= 11 is 0. The van der Waals surface area contributed by atoms with Gasteiger partial charge < -0.3 is 0 Å². The predicted octanol–water partition coefficient (Wildman–Crippen LogP) is 0.585. The molecule has 0 aromatic carbocycles. The summed E-state index contributed by atoms with van der Waals surface area (Å²) in [5.41, 5.74) is -0.479. The molecule has 0 aliphatic heterocycles. The van der Waals surface area contributed by atoms with Gasteiger partial charge in [-0.05, 0) is 0 Å². The van der Waals surface area contributed by atoms with Gasteiger partial charge in [-0.1, -0.05) is 6.92 Å². The molecule has 1 N–H and O–H groups in total. The molecule has 1 atom stereocenters. The monoisotopic (exact) mass is 141 g/mol. The van der Waals surface area contributed by atoms with E-state index in [1.807, 2.05) is 0 Å². The lowest BCUT2D eigenvalue weighted by Crippen LogP contribution is -2.26. The largest absolute Gasteiger partial charge is 0.288 e. The van der Waals surface area contributed by atoms with Crippen LogP contribution in [0.3, 0.4) is 0 Å². The second-order valence-corrected chi connectivity index (χ2v) is 1.73. The standard InChI is InChI=1S/C5H7N3O2/c1-2-5(8(9)10)4(7)3-6/h5,7H,2H2,1H3. The Morgan fingerprint density at radius 3 is 2.60 bits per heavy atom. The highest BCUT2D eigenvalue weighted by Gasteiger charge is 2.22. The Kier molecular flexibility index (Phi) is 3.05. The summed E-state index contributed by atoms with van der Waals surface area (Å²) in [6.07, 6.45) is 0.194. The van der Waals surface area contributed by atoms with Crippen molar-refractivity contribution >= 4 is 5.71 Å². The Labute approximate surface area is 57.9 Å². The van der Waals surface area contributed by atoms with Crippen LogP contribution in [0.25, 0.3) is 0 Å². The van der Waals surface area contributed by atoms with Crippen LogP contribution in [0.5, 0.6) is 0 Å². The van der Waals surface area contributed by atoms with Gasteiger partial charge in [0.1, 0.15) is 6.07 Å². The highest BCUT2D eigenvalue weighted by atomic mass is 16.6. The highest BCUT2D eigenvalue weighted by Crippen LogP contribution is 1.96. The molecule has 0 aliphatic carbocycles. The predicted molar refractivity (Wildman–Crippen MR) is 34.4 cm³/mol. The van der Waals surface area contributed by atoms with Gasteiger partial charge >= 0.3 is 0 Å². The van der Waals surface area contributed by atoms with Crippen LogP contribution in [0.4, 0.5) is 0 Å². The number of nitrogens with one attached hydrogen (secondary N) is 1. The van der Waals surface area contributed by atoms with E-state index < -0.39 is 16.7 Å². The molecule has 0 spiro atoms. The molecule has 0 aromatic heterocycles. The van der Waals surface area contributed by atoms with Crippen LogP contribution < -0.4 is 0 Å². The minimum atomic E-state index is -1.12. The minimum Gasteiger partial charge on any atom is -0.288 e. The first-order chi connectivity index (χ1) is 4.63. The van der Waals surface area contributed by atoms with Crippen molar-refractivity contribution in [3.05, 3.63) is 10.1 Å². The zero-order valence-corrected chi connectivity index (χ0v) is 5.50. The van der Waals surface area contributed by atoms with Crippen LogP contribution >= 0.6 is 0 Å². The van der Waals surface area contributed by atoms with Crippen LogP contribution in [0.2, 0.25) is 0 Å². The lowest BCUT2D eigenvalue weighted by Gasteiger charge is -1.99. The van der Waals surface area contributed by atoms with Gasteiger partial charge in [-0.3, -0.25) is 15.5 Å². The summed E-state index contributed by atoms with van der Waals surface area (Å²) in [7, 11) is 0. The number of hydrogen-bond donors (Lipinski definition) is 1. The Hall–Kier alpha value is -1.44. The second-order valence-electron chi connectivity index (χ2n) is 1.73. The van der Waals surface area contributed by atoms with Gasteiger partial charge in [-0.2, -0.15) is 5.26 Å². The molecule has 0 bridgehead atoms. The van der Waals surface area contributed by atoms with Crippen LogP contribution in [0.15, 0.2) is 0 Å². The Bertz CT molecular complexity index is 194. The molecule has 0 aliphatic rings. The van der Waals surface area contributed by atoms with Gasteiger partial charge in [0, 0.05) is 11.3 Å². The molecule has 0 heterocycles. The van der Waals surface area contributed by atoms with E-state index in [0.29, 0.717) is 0 Å². The molecular weight excluding hydrogens is 134 g/mol. The molecule has 0 rings (SSSR count). The number of nitro groups is 1. The molecule has 10 heavy (non-hydrogen) atoms. The lowest BCUT2D eigenvalue weighted by atomic mass is 10.1. The zero-order valence-electron chi connectivity index (χ0n) is 5.50. The van der Waals surface area contributed by atoms with E-state index in [2.05, 4.69) is 0 Å². The van der Waals surface area contributed by atoms with Crippen molar-refractivity contribution in [1.29, 1.82) is 10.7 Å². The van der Waals surface area contributed by atoms with Gasteiger partial charge in [0.05, 0.1) is 0 Å². The highest BCUT2D eigenvalue weighted by molar-refractivity contribution is 5.99. The molecular formula is C5H7N3O2. The van der Waals surface area contributed by atoms with E-state index in [9.17, 15) is 10.1 Å². The molecule has 1 unspecified atom stereocenters. The van der Waals surface area contributed by atoms with Crippen molar-refractivity contribution < 1.29 is 4.92 Å². The van der Waals surface area contributed by atoms with Crippen molar-refractivity contribution in [2.24, 2.45) is 0 Å². The van der Waals surface area contributed by atoms with E-state index >= 15 is 0 Å². The molecule has 0 saturated carbocycles. The number of hydrogen-bond acceptors (Lipinski definition) is 4. The first-order valence-corrected chi connectivity index (χ1v) is 2.75. The molecule has 0 fully saturated rings. The third-order valence-electron chi connectivity index (χ3n) is 1.09. The Morgan fingerprint density at radius 2 is 2.50 bits per heavy atom. The van der Waals surface area contributed by atoms with Gasteiger partial charge in [-0.25, -0.2) is 0 Å². The maximum Gasteiger partial charge on any atom is 0.263 e. The molecule has 54 valence electrons. The zero-order chi connectivity index (χ0) is 8.15. The van der Waals surface area contributed by atoms with Gasteiger partial charge in [-0.15, -0.1) is 0 Å². The SMILES string of the molecule is CCC(C(=N)C#N)[N+](=O)[O-]. The van der Waals surface area contributed by atoms with Crippen LogP contribution in [-0.4, -0.2) is 16.7 Å². The van der Waals surface area contributed by atoms with Crippen LogP contribution in [0.1, 0.15) is 13.3 Å². The van der Waals surface area contributed by atoms with Gasteiger partial charge in [0.25, 0.3) is 6.04 Å².